The molecule has 0 atom stereocenters. The first-order valence-corrected chi connectivity index (χ1v) is 5.48. The Balaban J connectivity index is 1.81. The second-order valence-corrected chi connectivity index (χ2v) is 4.90. The molecule has 0 unspecified atom stereocenters. The van der Waals surface area contributed by atoms with Gasteiger partial charge in [-0.05, 0) is 11.6 Å². The molecule has 90 valence electrons. The minimum atomic E-state index is -2.70. The average molecular weight is 238 g/mol. The van der Waals surface area contributed by atoms with Gasteiger partial charge >= 0.3 is 0 Å². The van der Waals surface area contributed by atoms with Gasteiger partial charge in [-0.3, -0.25) is 5.10 Å². The van der Waals surface area contributed by atoms with Crippen LogP contribution in [-0.4, -0.2) is 26.8 Å². The van der Waals surface area contributed by atoms with Gasteiger partial charge in [0.15, 0.2) is 0 Å². The molecule has 1 aliphatic carbocycles. The van der Waals surface area contributed by atoms with Crippen LogP contribution in [0.2, 0.25) is 0 Å². The van der Waals surface area contributed by atoms with Crippen LogP contribution in [0.1, 0.15) is 18.4 Å². The summed E-state index contributed by atoms with van der Waals surface area (Å²) < 4.78 is 25.5. The number of halogens is 2. The molecule has 1 aromatic heterocycles. The van der Waals surface area contributed by atoms with Crippen LogP contribution in [0.4, 0.5) is 8.78 Å². The second kappa shape index (κ2) is 3.26. The number of rotatable bonds is 2. The van der Waals surface area contributed by atoms with Gasteiger partial charge in [0.2, 0.25) is 0 Å². The highest BCUT2D eigenvalue weighted by Gasteiger charge is 2.55. The summed E-state index contributed by atoms with van der Waals surface area (Å²) in [6.07, 6.45) is 1.07. The van der Waals surface area contributed by atoms with Crippen molar-refractivity contribution in [1.29, 1.82) is 0 Å². The summed E-state index contributed by atoms with van der Waals surface area (Å²) in [5, 5.41) is 17.6. The molecule has 2 aromatic rings. The highest BCUT2D eigenvalue weighted by Crippen LogP contribution is 2.47. The van der Waals surface area contributed by atoms with E-state index in [0.29, 0.717) is 0 Å². The highest BCUT2D eigenvalue weighted by atomic mass is 19.3. The number of alkyl halides is 2. The molecule has 1 aromatic carbocycles. The second-order valence-electron chi connectivity index (χ2n) is 4.90. The van der Waals surface area contributed by atoms with E-state index in [4.69, 9.17) is 0 Å². The Labute approximate surface area is 96.5 Å². The third-order valence-corrected chi connectivity index (χ3v) is 3.21. The maximum absolute atomic E-state index is 12.8. The average Bonchev–Trinajstić information content (AvgIpc) is 2.60. The number of nitrogens with one attached hydrogen (secondary N) is 1. The number of aromatic nitrogens is 2. The van der Waals surface area contributed by atoms with Gasteiger partial charge in [0.25, 0.3) is 5.92 Å². The third-order valence-electron chi connectivity index (χ3n) is 3.21. The van der Waals surface area contributed by atoms with Crippen LogP contribution >= 0.6 is 0 Å². The van der Waals surface area contributed by atoms with Crippen molar-refractivity contribution >= 4 is 10.9 Å². The predicted molar refractivity (Wildman–Crippen MR) is 58.9 cm³/mol. The van der Waals surface area contributed by atoms with E-state index < -0.39 is 24.4 Å². The number of benzene rings is 1. The van der Waals surface area contributed by atoms with Crippen molar-refractivity contribution in [1.82, 2.24) is 10.2 Å². The lowest BCUT2D eigenvalue weighted by atomic mass is 9.73. The van der Waals surface area contributed by atoms with Gasteiger partial charge < -0.3 is 5.11 Å². The van der Waals surface area contributed by atoms with E-state index in [1.807, 2.05) is 18.2 Å². The number of H-pyrrole nitrogens is 1. The maximum Gasteiger partial charge on any atom is 0.253 e. The molecule has 5 heteroatoms. The number of aromatic amines is 1. The molecule has 3 rings (SSSR count). The molecule has 2 N–H and O–H groups in total. The normalized spacial score (nSPS) is 21.4. The molecule has 0 amide bonds. The fraction of sp³-hybridized carbons (Fsp3) is 0.417. The Morgan fingerprint density at radius 2 is 2.12 bits per heavy atom. The van der Waals surface area contributed by atoms with Gasteiger partial charge in [0.1, 0.15) is 0 Å². The van der Waals surface area contributed by atoms with E-state index in [9.17, 15) is 13.9 Å². The van der Waals surface area contributed by atoms with Crippen LogP contribution in [0.15, 0.2) is 24.4 Å². The van der Waals surface area contributed by atoms with Gasteiger partial charge in [-0.2, -0.15) is 5.10 Å². The zero-order valence-electron chi connectivity index (χ0n) is 9.08. The largest absolute Gasteiger partial charge is 0.389 e. The van der Waals surface area contributed by atoms with E-state index in [1.54, 1.807) is 6.20 Å². The topological polar surface area (TPSA) is 48.9 Å². The number of hydrogen-bond acceptors (Lipinski definition) is 2. The zero-order valence-corrected chi connectivity index (χ0v) is 9.08. The van der Waals surface area contributed by atoms with E-state index in [-0.39, 0.29) is 6.42 Å². The van der Waals surface area contributed by atoms with Crippen molar-refractivity contribution in [2.45, 2.75) is 30.8 Å². The summed E-state index contributed by atoms with van der Waals surface area (Å²) in [5.74, 6) is -2.70. The van der Waals surface area contributed by atoms with Crippen molar-refractivity contribution in [3.63, 3.8) is 0 Å². The van der Waals surface area contributed by atoms with Gasteiger partial charge in [0.05, 0.1) is 17.3 Å². The summed E-state index contributed by atoms with van der Waals surface area (Å²) in [6, 6.07) is 5.55. The van der Waals surface area contributed by atoms with E-state index in [0.717, 1.165) is 16.5 Å². The quantitative estimate of drug-likeness (QED) is 0.843. The molecule has 0 radical (unpaired) electrons. The minimum absolute atomic E-state index is 0.261. The van der Waals surface area contributed by atoms with Crippen LogP contribution in [-0.2, 0) is 6.42 Å². The summed E-state index contributed by atoms with van der Waals surface area (Å²) in [4.78, 5) is 0. The fourth-order valence-corrected chi connectivity index (χ4v) is 2.51. The minimum Gasteiger partial charge on any atom is -0.389 e. The molecule has 0 spiro atoms. The van der Waals surface area contributed by atoms with Crippen LogP contribution in [0.25, 0.3) is 10.9 Å². The molecule has 0 aliphatic heterocycles. The molecule has 17 heavy (non-hydrogen) atoms. The van der Waals surface area contributed by atoms with Crippen molar-refractivity contribution in [3.05, 3.63) is 30.0 Å². The van der Waals surface area contributed by atoms with Gasteiger partial charge in [-0.15, -0.1) is 0 Å². The Bertz CT molecular complexity index is 556. The lowest BCUT2D eigenvalue weighted by Crippen LogP contribution is -2.53. The first-order chi connectivity index (χ1) is 7.96. The molecule has 1 saturated carbocycles. The van der Waals surface area contributed by atoms with Gasteiger partial charge in [-0.25, -0.2) is 8.78 Å². The Kier molecular flexibility index (Phi) is 2.04. The molecular weight excluding hydrogens is 226 g/mol. The van der Waals surface area contributed by atoms with Gasteiger partial charge in [-0.1, -0.05) is 12.1 Å². The van der Waals surface area contributed by atoms with E-state index in [2.05, 4.69) is 10.2 Å². The van der Waals surface area contributed by atoms with Crippen LogP contribution in [0, 0.1) is 0 Å². The standard InChI is InChI=1S/C12H12F2N2O/c13-12(14)6-11(17,7-12)4-8-1-2-9-5-15-16-10(9)3-8/h1-3,5,17H,4,6-7H2,(H,15,16). The van der Waals surface area contributed by atoms with Crippen LogP contribution < -0.4 is 0 Å². The molecule has 3 nitrogen and oxygen atoms in total. The Morgan fingerprint density at radius 3 is 2.82 bits per heavy atom. The maximum atomic E-state index is 12.8. The molecule has 1 aliphatic rings. The van der Waals surface area contributed by atoms with Crippen LogP contribution in [0.5, 0.6) is 0 Å². The summed E-state index contributed by atoms with van der Waals surface area (Å²) in [6.45, 7) is 0. The van der Waals surface area contributed by atoms with Gasteiger partial charge in [0, 0.05) is 24.6 Å². The highest BCUT2D eigenvalue weighted by molar-refractivity contribution is 5.78. The first kappa shape index (κ1) is 10.7. The summed E-state index contributed by atoms with van der Waals surface area (Å²) in [5.41, 5.74) is 0.453. The first-order valence-electron chi connectivity index (χ1n) is 5.48. The zero-order chi connectivity index (χ0) is 12.1. The molecular formula is C12H12F2N2O. The lowest BCUT2D eigenvalue weighted by molar-refractivity contribution is -0.203. The lowest BCUT2D eigenvalue weighted by Gasteiger charge is -2.43. The van der Waals surface area contributed by atoms with E-state index in [1.165, 1.54) is 0 Å². The predicted octanol–water partition coefficient (Wildman–Crippen LogP) is 2.27. The Hall–Kier alpha value is -1.49. The third kappa shape index (κ3) is 1.91. The SMILES string of the molecule is OC1(Cc2ccc3cn[nH]c3c2)CC(F)(F)C1. The molecule has 0 saturated heterocycles. The smallest absolute Gasteiger partial charge is 0.253 e. The van der Waals surface area contributed by atoms with Crippen molar-refractivity contribution in [3.8, 4) is 0 Å². The molecule has 0 bridgehead atoms. The molecule has 1 fully saturated rings. The van der Waals surface area contributed by atoms with Crippen LogP contribution in [0.3, 0.4) is 0 Å². The number of nitrogens with zero attached hydrogens (tertiary/aromatic N) is 1. The summed E-state index contributed by atoms with van der Waals surface area (Å²) in [7, 11) is 0. The van der Waals surface area contributed by atoms with E-state index >= 15 is 0 Å². The number of fused-ring (bicyclic) bond motifs is 1. The monoisotopic (exact) mass is 238 g/mol. The van der Waals surface area contributed by atoms with Crippen molar-refractivity contribution in [2.75, 3.05) is 0 Å². The Morgan fingerprint density at radius 1 is 1.35 bits per heavy atom. The van der Waals surface area contributed by atoms with Crippen molar-refractivity contribution in [2.24, 2.45) is 0 Å². The fourth-order valence-electron chi connectivity index (χ4n) is 2.51. The van der Waals surface area contributed by atoms with Crippen molar-refractivity contribution < 1.29 is 13.9 Å². The summed E-state index contributed by atoms with van der Waals surface area (Å²) >= 11 is 0. The number of hydrogen-bond donors (Lipinski definition) is 2. The number of aliphatic hydroxyl groups is 1. The molecule has 1 heterocycles.